The smallest absolute Gasteiger partial charge is 0.244 e. The highest BCUT2D eigenvalue weighted by Crippen LogP contribution is 2.30. The predicted octanol–water partition coefficient (Wildman–Crippen LogP) is 1.12. The molecule has 0 aromatic heterocycles. The molecule has 5 heteroatoms. The van der Waals surface area contributed by atoms with Gasteiger partial charge in [-0.3, -0.25) is 9.59 Å². The van der Waals surface area contributed by atoms with Gasteiger partial charge in [-0.15, -0.1) is 0 Å². The molecule has 1 unspecified atom stereocenters. The lowest BCUT2D eigenvalue weighted by Gasteiger charge is -2.27. The van der Waals surface area contributed by atoms with Crippen molar-refractivity contribution in [3.63, 3.8) is 0 Å². The van der Waals surface area contributed by atoms with Crippen LogP contribution in [0.3, 0.4) is 0 Å². The molecular formula is C15H29N3O2. The summed E-state index contributed by atoms with van der Waals surface area (Å²) in [5.41, 5.74) is 5.67. The molecule has 0 aromatic carbocycles. The van der Waals surface area contributed by atoms with E-state index in [1.165, 1.54) is 0 Å². The minimum Gasteiger partial charge on any atom is -0.345 e. The molecule has 1 saturated carbocycles. The molecule has 0 aliphatic heterocycles. The molecule has 0 bridgehead atoms. The molecule has 20 heavy (non-hydrogen) atoms. The number of nitrogens with zero attached hydrogens (tertiary/aromatic N) is 1. The molecule has 116 valence electrons. The minimum absolute atomic E-state index is 0.00782. The molecule has 0 aromatic rings. The van der Waals surface area contributed by atoms with Crippen molar-refractivity contribution in [1.29, 1.82) is 0 Å². The standard InChI is InChI=1S/C15H29N3O2/c1-4-18(3)15(20)11(2)17-14(19)9-12-5-7-13(10-16)8-6-12/h11-13H,4-10,16H2,1-3H3,(H,17,19). The summed E-state index contributed by atoms with van der Waals surface area (Å²) in [4.78, 5) is 25.5. The maximum atomic E-state index is 12.0. The van der Waals surface area contributed by atoms with Crippen molar-refractivity contribution in [2.24, 2.45) is 17.6 Å². The van der Waals surface area contributed by atoms with Gasteiger partial charge in [0.1, 0.15) is 6.04 Å². The first kappa shape index (κ1) is 17.0. The van der Waals surface area contributed by atoms with Crippen LogP contribution in [0.1, 0.15) is 46.0 Å². The molecule has 0 saturated heterocycles. The van der Waals surface area contributed by atoms with Gasteiger partial charge in [-0.2, -0.15) is 0 Å². The molecule has 0 heterocycles. The zero-order chi connectivity index (χ0) is 15.1. The highest BCUT2D eigenvalue weighted by atomic mass is 16.2. The highest BCUT2D eigenvalue weighted by molar-refractivity contribution is 5.87. The third kappa shape index (κ3) is 5.12. The van der Waals surface area contributed by atoms with Crippen molar-refractivity contribution >= 4 is 11.8 Å². The average molecular weight is 283 g/mol. The van der Waals surface area contributed by atoms with E-state index >= 15 is 0 Å². The van der Waals surface area contributed by atoms with Gasteiger partial charge in [0.15, 0.2) is 0 Å². The Morgan fingerprint density at radius 1 is 1.25 bits per heavy atom. The highest BCUT2D eigenvalue weighted by Gasteiger charge is 2.24. The van der Waals surface area contributed by atoms with E-state index in [0.29, 0.717) is 24.8 Å². The minimum atomic E-state index is -0.437. The topological polar surface area (TPSA) is 75.4 Å². The van der Waals surface area contributed by atoms with Crippen molar-refractivity contribution in [1.82, 2.24) is 10.2 Å². The predicted molar refractivity (Wildman–Crippen MR) is 80.0 cm³/mol. The number of nitrogens with one attached hydrogen (secondary N) is 1. The number of carbonyl (C=O) groups is 2. The number of rotatable bonds is 6. The van der Waals surface area contributed by atoms with Crippen molar-refractivity contribution < 1.29 is 9.59 Å². The zero-order valence-corrected chi connectivity index (χ0v) is 13.0. The van der Waals surface area contributed by atoms with E-state index < -0.39 is 6.04 Å². The van der Waals surface area contributed by atoms with Gasteiger partial charge < -0.3 is 16.0 Å². The van der Waals surface area contributed by atoms with Crippen LogP contribution in [0.4, 0.5) is 0 Å². The van der Waals surface area contributed by atoms with Crippen LogP contribution in [0.15, 0.2) is 0 Å². The number of hydrogen-bond donors (Lipinski definition) is 2. The van der Waals surface area contributed by atoms with Crippen LogP contribution < -0.4 is 11.1 Å². The van der Waals surface area contributed by atoms with Crippen LogP contribution in [-0.4, -0.2) is 42.9 Å². The van der Waals surface area contributed by atoms with E-state index in [-0.39, 0.29) is 11.8 Å². The molecule has 1 aliphatic carbocycles. The fourth-order valence-electron chi connectivity index (χ4n) is 2.78. The van der Waals surface area contributed by atoms with Crippen LogP contribution in [0.25, 0.3) is 0 Å². The van der Waals surface area contributed by atoms with Crippen molar-refractivity contribution in [3.8, 4) is 0 Å². The van der Waals surface area contributed by atoms with E-state index in [0.717, 1.165) is 32.2 Å². The Morgan fingerprint density at radius 2 is 1.80 bits per heavy atom. The lowest BCUT2D eigenvalue weighted by molar-refractivity contribution is -0.135. The Hall–Kier alpha value is -1.10. The molecule has 5 nitrogen and oxygen atoms in total. The van der Waals surface area contributed by atoms with Gasteiger partial charge in [-0.05, 0) is 57.9 Å². The number of nitrogens with two attached hydrogens (primary N) is 1. The largest absolute Gasteiger partial charge is 0.345 e. The van der Waals surface area contributed by atoms with Crippen LogP contribution in [-0.2, 0) is 9.59 Å². The molecule has 0 radical (unpaired) electrons. The third-order valence-corrected chi connectivity index (χ3v) is 4.37. The first-order valence-corrected chi connectivity index (χ1v) is 7.72. The number of amides is 2. The maximum Gasteiger partial charge on any atom is 0.244 e. The van der Waals surface area contributed by atoms with E-state index in [4.69, 9.17) is 5.73 Å². The van der Waals surface area contributed by atoms with Gasteiger partial charge in [0.05, 0.1) is 0 Å². The van der Waals surface area contributed by atoms with Gasteiger partial charge >= 0.3 is 0 Å². The van der Waals surface area contributed by atoms with E-state index in [9.17, 15) is 9.59 Å². The molecule has 1 fully saturated rings. The quantitative estimate of drug-likeness (QED) is 0.767. The summed E-state index contributed by atoms with van der Waals surface area (Å²) >= 11 is 0. The maximum absolute atomic E-state index is 12.0. The average Bonchev–Trinajstić information content (AvgIpc) is 2.46. The first-order chi connectivity index (χ1) is 9.47. The SMILES string of the molecule is CCN(C)C(=O)C(C)NC(=O)CC1CCC(CN)CC1. The van der Waals surface area contributed by atoms with Gasteiger partial charge in [-0.25, -0.2) is 0 Å². The summed E-state index contributed by atoms with van der Waals surface area (Å²) in [6, 6.07) is -0.437. The molecular weight excluding hydrogens is 254 g/mol. The summed E-state index contributed by atoms with van der Waals surface area (Å²) < 4.78 is 0. The van der Waals surface area contributed by atoms with Gasteiger partial charge in [-0.1, -0.05) is 0 Å². The Bertz CT molecular complexity index is 325. The van der Waals surface area contributed by atoms with Crippen molar-refractivity contribution in [2.45, 2.75) is 52.0 Å². The second kappa shape index (κ2) is 8.25. The van der Waals surface area contributed by atoms with Crippen molar-refractivity contribution in [2.75, 3.05) is 20.1 Å². The summed E-state index contributed by atoms with van der Waals surface area (Å²) in [6.07, 6.45) is 4.94. The molecule has 1 aliphatic rings. The fourth-order valence-corrected chi connectivity index (χ4v) is 2.78. The summed E-state index contributed by atoms with van der Waals surface area (Å²) in [6.45, 7) is 5.08. The van der Waals surface area contributed by atoms with Gasteiger partial charge in [0.25, 0.3) is 0 Å². The van der Waals surface area contributed by atoms with Crippen LogP contribution in [0, 0.1) is 11.8 Å². The zero-order valence-electron chi connectivity index (χ0n) is 13.0. The lowest BCUT2D eigenvalue weighted by Crippen LogP contribution is -2.45. The molecule has 2 amide bonds. The summed E-state index contributed by atoms with van der Waals surface area (Å²) in [5, 5.41) is 2.81. The van der Waals surface area contributed by atoms with E-state index in [1.54, 1.807) is 18.9 Å². The van der Waals surface area contributed by atoms with Crippen molar-refractivity contribution in [3.05, 3.63) is 0 Å². The van der Waals surface area contributed by atoms with Crippen LogP contribution in [0.2, 0.25) is 0 Å². The molecule has 0 spiro atoms. The van der Waals surface area contributed by atoms with Crippen LogP contribution >= 0.6 is 0 Å². The first-order valence-electron chi connectivity index (χ1n) is 7.72. The Balaban J connectivity index is 2.31. The Labute approximate surface area is 122 Å². The Morgan fingerprint density at radius 3 is 2.30 bits per heavy atom. The number of likely N-dealkylation sites (N-methyl/N-ethyl adjacent to an activating group) is 1. The third-order valence-electron chi connectivity index (χ3n) is 4.37. The molecule has 1 atom stereocenters. The summed E-state index contributed by atoms with van der Waals surface area (Å²) in [5.74, 6) is 1.04. The second-order valence-corrected chi connectivity index (χ2v) is 5.97. The lowest BCUT2D eigenvalue weighted by atomic mass is 9.80. The monoisotopic (exact) mass is 283 g/mol. The summed E-state index contributed by atoms with van der Waals surface area (Å²) in [7, 11) is 1.75. The molecule has 3 N–H and O–H groups in total. The second-order valence-electron chi connectivity index (χ2n) is 5.97. The number of carbonyl (C=O) groups excluding carboxylic acids is 2. The van der Waals surface area contributed by atoms with Gasteiger partial charge in [0, 0.05) is 20.0 Å². The Kier molecular flexibility index (Phi) is 6.99. The molecule has 1 rings (SSSR count). The fraction of sp³-hybridized carbons (Fsp3) is 0.867. The van der Waals surface area contributed by atoms with E-state index in [2.05, 4.69) is 5.32 Å². The normalized spacial score (nSPS) is 24.0. The van der Waals surface area contributed by atoms with Crippen LogP contribution in [0.5, 0.6) is 0 Å². The number of hydrogen-bond acceptors (Lipinski definition) is 3. The van der Waals surface area contributed by atoms with E-state index in [1.807, 2.05) is 6.92 Å². The van der Waals surface area contributed by atoms with Gasteiger partial charge in [0.2, 0.25) is 11.8 Å².